The number of hydrogen-bond acceptors (Lipinski definition) is 5. The maximum atomic E-state index is 5.72. The van der Waals surface area contributed by atoms with E-state index in [4.69, 9.17) is 10.5 Å². The van der Waals surface area contributed by atoms with Gasteiger partial charge in [-0.1, -0.05) is 20.8 Å². The molecular weight excluding hydrogens is 216 g/mol. The molecule has 0 atom stereocenters. The molecule has 1 aromatic rings. The number of nitrogen functional groups attached to an aromatic ring is 1. The van der Waals surface area contributed by atoms with Gasteiger partial charge in [-0.15, -0.1) is 0 Å². The van der Waals surface area contributed by atoms with E-state index in [0.717, 1.165) is 12.4 Å². The molecule has 0 radical (unpaired) electrons. The lowest BCUT2D eigenvalue weighted by atomic mass is 9.97. The lowest BCUT2D eigenvalue weighted by molar-refractivity contribution is 0.128. The van der Waals surface area contributed by atoms with Crippen LogP contribution in [0.25, 0.3) is 0 Å². The van der Waals surface area contributed by atoms with Crippen LogP contribution in [0.5, 0.6) is 0 Å². The minimum atomic E-state index is 0.194. The van der Waals surface area contributed by atoms with Gasteiger partial charge in [0.2, 0.25) is 0 Å². The summed E-state index contributed by atoms with van der Waals surface area (Å²) >= 11 is 0. The van der Waals surface area contributed by atoms with E-state index in [0.29, 0.717) is 24.9 Å². The standard InChI is InChI=1S/C12H22N4O/c1-5-17-7-11-15-9(13)6-10(16-11)14-8-12(2,3)4/h6H,5,7-8H2,1-4H3,(H3,13,14,15,16). The highest BCUT2D eigenvalue weighted by molar-refractivity contribution is 5.44. The van der Waals surface area contributed by atoms with Crippen molar-refractivity contribution >= 4 is 11.6 Å². The second-order valence-corrected chi connectivity index (χ2v) is 5.15. The predicted molar refractivity (Wildman–Crippen MR) is 69.7 cm³/mol. The second-order valence-electron chi connectivity index (χ2n) is 5.15. The van der Waals surface area contributed by atoms with Gasteiger partial charge in [-0.05, 0) is 12.3 Å². The number of aromatic nitrogens is 2. The van der Waals surface area contributed by atoms with Crippen LogP contribution in [0.4, 0.5) is 11.6 Å². The molecule has 3 N–H and O–H groups in total. The van der Waals surface area contributed by atoms with Crippen molar-refractivity contribution in [3.05, 3.63) is 11.9 Å². The van der Waals surface area contributed by atoms with Crippen molar-refractivity contribution in [1.82, 2.24) is 9.97 Å². The van der Waals surface area contributed by atoms with E-state index in [1.165, 1.54) is 0 Å². The Kier molecular flexibility index (Phi) is 4.69. The van der Waals surface area contributed by atoms with Gasteiger partial charge < -0.3 is 15.8 Å². The van der Waals surface area contributed by atoms with E-state index < -0.39 is 0 Å². The van der Waals surface area contributed by atoms with Crippen LogP contribution in [0.1, 0.15) is 33.5 Å². The van der Waals surface area contributed by atoms with Crippen molar-refractivity contribution in [3.63, 3.8) is 0 Å². The van der Waals surface area contributed by atoms with Crippen LogP contribution < -0.4 is 11.1 Å². The molecule has 0 bridgehead atoms. The summed E-state index contributed by atoms with van der Waals surface area (Å²) in [6, 6.07) is 1.74. The van der Waals surface area contributed by atoms with Crippen LogP contribution in [-0.2, 0) is 11.3 Å². The van der Waals surface area contributed by atoms with E-state index in [2.05, 4.69) is 36.1 Å². The molecule has 0 unspecified atom stereocenters. The van der Waals surface area contributed by atoms with Gasteiger partial charge in [-0.25, -0.2) is 9.97 Å². The molecule has 0 amide bonds. The molecule has 0 aliphatic heterocycles. The van der Waals surface area contributed by atoms with Gasteiger partial charge in [-0.3, -0.25) is 0 Å². The fraction of sp³-hybridized carbons (Fsp3) is 0.667. The highest BCUT2D eigenvalue weighted by Gasteiger charge is 2.10. The molecule has 1 rings (SSSR count). The SMILES string of the molecule is CCOCc1nc(N)cc(NCC(C)(C)C)n1. The lowest BCUT2D eigenvalue weighted by Gasteiger charge is -2.19. The fourth-order valence-electron chi connectivity index (χ4n) is 1.22. The Labute approximate surface area is 103 Å². The maximum Gasteiger partial charge on any atom is 0.158 e. The fourth-order valence-corrected chi connectivity index (χ4v) is 1.22. The zero-order valence-corrected chi connectivity index (χ0v) is 11.1. The summed E-state index contributed by atoms with van der Waals surface area (Å²) in [4.78, 5) is 8.46. The molecule has 0 saturated carbocycles. The Bertz CT molecular complexity index is 360. The van der Waals surface area contributed by atoms with Crippen molar-refractivity contribution in [2.24, 2.45) is 5.41 Å². The quantitative estimate of drug-likeness (QED) is 0.821. The van der Waals surface area contributed by atoms with Gasteiger partial charge in [0.25, 0.3) is 0 Å². The third-order valence-corrected chi connectivity index (χ3v) is 2.03. The van der Waals surface area contributed by atoms with Gasteiger partial charge >= 0.3 is 0 Å². The first-order chi connectivity index (χ1) is 7.90. The van der Waals surface area contributed by atoms with Crippen molar-refractivity contribution in [2.75, 3.05) is 24.2 Å². The second kappa shape index (κ2) is 5.82. The summed E-state index contributed by atoms with van der Waals surface area (Å²) in [7, 11) is 0. The first-order valence-electron chi connectivity index (χ1n) is 5.86. The van der Waals surface area contributed by atoms with Crippen LogP contribution in [0.15, 0.2) is 6.07 Å². The molecule has 0 aromatic carbocycles. The molecule has 1 heterocycles. The third kappa shape index (κ3) is 5.49. The number of anilines is 2. The number of nitrogens with one attached hydrogen (secondary N) is 1. The molecular formula is C12H22N4O. The van der Waals surface area contributed by atoms with E-state index in [1.54, 1.807) is 6.07 Å². The summed E-state index contributed by atoms with van der Waals surface area (Å²) < 4.78 is 5.27. The van der Waals surface area contributed by atoms with Crippen LogP contribution in [0, 0.1) is 5.41 Å². The molecule has 96 valence electrons. The molecule has 0 aliphatic carbocycles. The van der Waals surface area contributed by atoms with Crippen molar-refractivity contribution in [1.29, 1.82) is 0 Å². The van der Waals surface area contributed by atoms with Gasteiger partial charge in [-0.2, -0.15) is 0 Å². The zero-order chi connectivity index (χ0) is 12.9. The Morgan fingerprint density at radius 2 is 2.06 bits per heavy atom. The molecule has 1 aromatic heterocycles. The summed E-state index contributed by atoms with van der Waals surface area (Å²) in [5, 5.41) is 3.26. The maximum absolute atomic E-state index is 5.72. The van der Waals surface area contributed by atoms with E-state index >= 15 is 0 Å². The molecule has 5 nitrogen and oxygen atoms in total. The third-order valence-electron chi connectivity index (χ3n) is 2.03. The van der Waals surface area contributed by atoms with Crippen molar-refractivity contribution in [3.8, 4) is 0 Å². The highest BCUT2D eigenvalue weighted by atomic mass is 16.5. The summed E-state index contributed by atoms with van der Waals surface area (Å²) in [5.41, 5.74) is 5.92. The summed E-state index contributed by atoms with van der Waals surface area (Å²) in [6.45, 7) is 10.3. The van der Waals surface area contributed by atoms with Crippen LogP contribution in [0.2, 0.25) is 0 Å². The smallest absolute Gasteiger partial charge is 0.158 e. The first kappa shape index (κ1) is 13.7. The topological polar surface area (TPSA) is 73.1 Å². The van der Waals surface area contributed by atoms with Crippen molar-refractivity contribution in [2.45, 2.75) is 34.3 Å². The number of ether oxygens (including phenoxy) is 1. The van der Waals surface area contributed by atoms with Gasteiger partial charge in [0, 0.05) is 19.2 Å². The molecule has 5 heteroatoms. The number of rotatable bonds is 5. The normalized spacial score (nSPS) is 11.5. The highest BCUT2D eigenvalue weighted by Crippen LogP contribution is 2.15. The van der Waals surface area contributed by atoms with Gasteiger partial charge in [0.15, 0.2) is 5.82 Å². The van der Waals surface area contributed by atoms with E-state index in [-0.39, 0.29) is 5.41 Å². The Morgan fingerprint density at radius 3 is 2.65 bits per heavy atom. The number of hydrogen-bond donors (Lipinski definition) is 2. The summed E-state index contributed by atoms with van der Waals surface area (Å²) in [5.74, 6) is 1.83. The average molecular weight is 238 g/mol. The molecule has 0 spiro atoms. The van der Waals surface area contributed by atoms with Gasteiger partial charge in [0.1, 0.15) is 18.2 Å². The predicted octanol–water partition coefficient (Wildman–Crippen LogP) is 2.05. The minimum absolute atomic E-state index is 0.194. The molecule has 0 saturated heterocycles. The summed E-state index contributed by atoms with van der Waals surface area (Å²) in [6.07, 6.45) is 0. The number of nitrogens with zero attached hydrogens (tertiary/aromatic N) is 2. The molecule has 0 aliphatic rings. The van der Waals surface area contributed by atoms with Gasteiger partial charge in [0.05, 0.1) is 0 Å². The Hall–Kier alpha value is -1.36. The lowest BCUT2D eigenvalue weighted by Crippen LogP contribution is -2.20. The zero-order valence-electron chi connectivity index (χ0n) is 11.1. The van der Waals surface area contributed by atoms with Crippen LogP contribution in [-0.4, -0.2) is 23.1 Å². The largest absolute Gasteiger partial charge is 0.384 e. The van der Waals surface area contributed by atoms with Crippen LogP contribution >= 0.6 is 0 Å². The monoisotopic (exact) mass is 238 g/mol. The Morgan fingerprint density at radius 1 is 1.35 bits per heavy atom. The van der Waals surface area contributed by atoms with Crippen LogP contribution in [0.3, 0.4) is 0 Å². The van der Waals surface area contributed by atoms with E-state index in [1.807, 2.05) is 6.92 Å². The molecule has 17 heavy (non-hydrogen) atoms. The number of nitrogens with two attached hydrogens (primary N) is 1. The Balaban J connectivity index is 2.68. The first-order valence-corrected chi connectivity index (χ1v) is 5.86. The van der Waals surface area contributed by atoms with Crippen molar-refractivity contribution < 1.29 is 4.74 Å². The van der Waals surface area contributed by atoms with E-state index in [9.17, 15) is 0 Å². The average Bonchev–Trinajstić information content (AvgIpc) is 2.22. The minimum Gasteiger partial charge on any atom is -0.384 e. The molecule has 0 fully saturated rings.